The van der Waals surface area contributed by atoms with Crippen LogP contribution in [0.5, 0.6) is 0 Å². The highest BCUT2D eigenvalue weighted by atomic mass is 16.6. The summed E-state index contributed by atoms with van der Waals surface area (Å²) >= 11 is 0. The van der Waals surface area contributed by atoms with Gasteiger partial charge in [-0.3, -0.25) is 14.6 Å². The van der Waals surface area contributed by atoms with Crippen molar-refractivity contribution >= 4 is 23.2 Å². The fourth-order valence-electron chi connectivity index (χ4n) is 2.87. The van der Waals surface area contributed by atoms with Crippen molar-refractivity contribution < 1.29 is 19.1 Å². The average Bonchev–Trinajstić information content (AvgIpc) is 3.02. The molecule has 2 aromatic rings. The number of nitrogens with one attached hydrogen (secondary N) is 2. The number of fused-ring (bicyclic) bond motifs is 1. The number of rotatable bonds is 4. The van der Waals surface area contributed by atoms with Crippen LogP contribution in [0.1, 0.15) is 52.7 Å². The minimum absolute atomic E-state index is 0.230. The van der Waals surface area contributed by atoms with Crippen molar-refractivity contribution in [1.29, 1.82) is 0 Å². The Kier molecular flexibility index (Phi) is 4.94. The van der Waals surface area contributed by atoms with Crippen LogP contribution in [0.4, 0.5) is 4.79 Å². The van der Waals surface area contributed by atoms with Crippen LogP contribution < -0.4 is 5.32 Å². The van der Waals surface area contributed by atoms with Crippen LogP contribution in [-0.2, 0) is 11.2 Å². The molecular formula is C20H21N3O4. The average molecular weight is 367 g/mol. The van der Waals surface area contributed by atoms with Gasteiger partial charge in [-0.15, -0.1) is 0 Å². The van der Waals surface area contributed by atoms with Crippen LogP contribution in [-0.4, -0.2) is 39.8 Å². The number of hydrogen-bond donors (Lipinski definition) is 2. The SMILES string of the molecule is CC(C)(C)OC(=O)NCCc1c[nH]c2c1C(=O)C(c1cccnc1)=CC2=O. The van der Waals surface area contributed by atoms with Gasteiger partial charge in [-0.1, -0.05) is 6.07 Å². The predicted octanol–water partition coefficient (Wildman–Crippen LogP) is 2.94. The Bertz CT molecular complexity index is 920. The molecule has 0 bridgehead atoms. The quantitative estimate of drug-likeness (QED) is 0.865. The molecule has 0 aromatic carbocycles. The van der Waals surface area contributed by atoms with E-state index in [2.05, 4.69) is 15.3 Å². The van der Waals surface area contributed by atoms with Gasteiger partial charge in [0.15, 0.2) is 5.78 Å². The number of alkyl carbamates (subject to hydrolysis) is 1. The largest absolute Gasteiger partial charge is 0.444 e. The third-order valence-corrected chi connectivity index (χ3v) is 3.99. The lowest BCUT2D eigenvalue weighted by molar-refractivity contribution is 0.0528. The summed E-state index contributed by atoms with van der Waals surface area (Å²) in [6.07, 6.45) is 6.00. The molecule has 7 heteroatoms. The number of pyridine rings is 1. The van der Waals surface area contributed by atoms with Gasteiger partial charge in [0.05, 0.1) is 11.3 Å². The van der Waals surface area contributed by atoms with Crippen molar-refractivity contribution in [2.24, 2.45) is 0 Å². The first kappa shape index (κ1) is 18.6. The van der Waals surface area contributed by atoms with Crippen molar-refractivity contribution in [3.05, 3.63) is 59.2 Å². The van der Waals surface area contributed by atoms with E-state index in [1.165, 1.54) is 6.08 Å². The molecule has 0 radical (unpaired) electrons. The predicted molar refractivity (Wildman–Crippen MR) is 99.6 cm³/mol. The minimum atomic E-state index is -0.580. The first-order valence-corrected chi connectivity index (χ1v) is 8.64. The molecule has 0 spiro atoms. The monoisotopic (exact) mass is 367 g/mol. The molecule has 1 aliphatic rings. The number of hydrogen-bond acceptors (Lipinski definition) is 5. The number of carbonyl (C=O) groups excluding carboxylic acids is 3. The maximum absolute atomic E-state index is 12.9. The van der Waals surface area contributed by atoms with E-state index in [-0.39, 0.29) is 23.8 Å². The number of ketones is 2. The van der Waals surface area contributed by atoms with E-state index in [0.29, 0.717) is 28.7 Å². The smallest absolute Gasteiger partial charge is 0.407 e. The molecule has 2 aromatic heterocycles. The van der Waals surface area contributed by atoms with Gasteiger partial charge in [0.2, 0.25) is 5.78 Å². The van der Waals surface area contributed by atoms with Crippen molar-refractivity contribution in [3.63, 3.8) is 0 Å². The molecule has 7 nitrogen and oxygen atoms in total. The summed E-state index contributed by atoms with van der Waals surface area (Å²) in [5.41, 5.74) is 1.64. The third-order valence-electron chi connectivity index (χ3n) is 3.99. The Labute approximate surface area is 156 Å². The summed E-state index contributed by atoms with van der Waals surface area (Å²) in [4.78, 5) is 44.0. The lowest BCUT2D eigenvalue weighted by Gasteiger charge is -2.19. The molecule has 1 amide bonds. The first-order valence-electron chi connectivity index (χ1n) is 8.64. The molecule has 1 aliphatic carbocycles. The summed E-state index contributed by atoms with van der Waals surface area (Å²) in [5.74, 6) is -0.485. The van der Waals surface area contributed by atoms with Crippen LogP contribution in [0.25, 0.3) is 5.57 Å². The van der Waals surface area contributed by atoms with Crippen LogP contribution in [0.15, 0.2) is 36.8 Å². The number of nitrogens with zero attached hydrogens (tertiary/aromatic N) is 1. The van der Waals surface area contributed by atoms with Crippen LogP contribution in [0, 0.1) is 0 Å². The molecule has 0 atom stereocenters. The van der Waals surface area contributed by atoms with Crippen molar-refractivity contribution in [2.75, 3.05) is 6.54 Å². The normalized spacial score (nSPS) is 13.8. The van der Waals surface area contributed by atoms with E-state index < -0.39 is 11.7 Å². The molecule has 0 unspecified atom stereocenters. The van der Waals surface area contributed by atoms with Gasteiger partial charge in [0.1, 0.15) is 5.60 Å². The standard InChI is InChI=1S/C20H21N3O4/c1-20(2,3)27-19(26)22-8-6-13-11-23-17-15(24)9-14(18(25)16(13)17)12-5-4-7-21-10-12/h4-5,7,9-11,23H,6,8H2,1-3H3,(H,22,26). The molecule has 2 heterocycles. The highest BCUT2D eigenvalue weighted by Gasteiger charge is 2.30. The highest BCUT2D eigenvalue weighted by Crippen LogP contribution is 2.29. The summed E-state index contributed by atoms with van der Waals surface area (Å²) < 4.78 is 5.19. The number of aromatic amines is 1. The van der Waals surface area contributed by atoms with Crippen molar-refractivity contribution in [1.82, 2.24) is 15.3 Å². The molecule has 0 saturated carbocycles. The molecule has 0 saturated heterocycles. The van der Waals surface area contributed by atoms with Gasteiger partial charge in [0.25, 0.3) is 0 Å². The van der Waals surface area contributed by atoms with E-state index >= 15 is 0 Å². The van der Waals surface area contributed by atoms with E-state index in [1.807, 2.05) is 0 Å². The summed E-state index contributed by atoms with van der Waals surface area (Å²) in [6, 6.07) is 3.46. The number of amides is 1. The zero-order valence-electron chi connectivity index (χ0n) is 15.5. The number of Topliss-reactive ketones (excluding diaryl/α,β-unsaturated/α-hetero) is 1. The number of carbonyl (C=O) groups is 3. The molecule has 0 aliphatic heterocycles. The maximum Gasteiger partial charge on any atom is 0.407 e. The second kappa shape index (κ2) is 7.19. The Morgan fingerprint density at radius 2 is 2.07 bits per heavy atom. The van der Waals surface area contributed by atoms with E-state index in [4.69, 9.17) is 4.74 Å². The molecule has 3 rings (SSSR count). The second-order valence-corrected chi connectivity index (χ2v) is 7.24. The number of aromatic nitrogens is 2. The van der Waals surface area contributed by atoms with Crippen molar-refractivity contribution in [3.8, 4) is 0 Å². The Morgan fingerprint density at radius 1 is 1.30 bits per heavy atom. The van der Waals surface area contributed by atoms with E-state index in [0.717, 1.165) is 0 Å². The van der Waals surface area contributed by atoms with E-state index in [1.54, 1.807) is 51.5 Å². The topological polar surface area (TPSA) is 101 Å². The molecule has 27 heavy (non-hydrogen) atoms. The number of H-pyrrole nitrogens is 1. The Balaban J connectivity index is 1.75. The minimum Gasteiger partial charge on any atom is -0.444 e. The maximum atomic E-state index is 12.9. The van der Waals surface area contributed by atoms with Crippen LogP contribution in [0.2, 0.25) is 0 Å². The lowest BCUT2D eigenvalue weighted by Crippen LogP contribution is -2.33. The van der Waals surface area contributed by atoms with Gasteiger partial charge in [-0.2, -0.15) is 0 Å². The summed E-state index contributed by atoms with van der Waals surface area (Å²) in [7, 11) is 0. The molecular weight excluding hydrogens is 346 g/mol. The van der Waals surface area contributed by atoms with Gasteiger partial charge in [-0.25, -0.2) is 4.79 Å². The third kappa shape index (κ3) is 4.13. The number of allylic oxidation sites excluding steroid dienone is 2. The highest BCUT2D eigenvalue weighted by molar-refractivity contribution is 6.38. The molecule has 2 N–H and O–H groups in total. The number of ether oxygens (including phenoxy) is 1. The fourth-order valence-corrected chi connectivity index (χ4v) is 2.87. The second-order valence-electron chi connectivity index (χ2n) is 7.24. The van der Waals surface area contributed by atoms with Crippen molar-refractivity contribution in [2.45, 2.75) is 32.8 Å². The van der Waals surface area contributed by atoms with Gasteiger partial charge in [0, 0.05) is 36.3 Å². The van der Waals surface area contributed by atoms with Crippen LogP contribution >= 0.6 is 0 Å². The Morgan fingerprint density at radius 3 is 2.74 bits per heavy atom. The molecule has 140 valence electrons. The lowest BCUT2D eigenvalue weighted by atomic mass is 9.88. The fraction of sp³-hybridized carbons (Fsp3) is 0.300. The molecule has 0 fully saturated rings. The van der Waals surface area contributed by atoms with Gasteiger partial charge < -0.3 is 15.0 Å². The van der Waals surface area contributed by atoms with Gasteiger partial charge >= 0.3 is 6.09 Å². The zero-order valence-corrected chi connectivity index (χ0v) is 15.5. The van der Waals surface area contributed by atoms with Crippen LogP contribution in [0.3, 0.4) is 0 Å². The van der Waals surface area contributed by atoms with Gasteiger partial charge in [-0.05, 0) is 44.9 Å². The first-order chi connectivity index (χ1) is 12.8. The van der Waals surface area contributed by atoms with E-state index in [9.17, 15) is 14.4 Å². The summed E-state index contributed by atoms with van der Waals surface area (Å²) in [6.45, 7) is 5.63. The zero-order chi connectivity index (χ0) is 19.6. The Hall–Kier alpha value is -3.22. The summed E-state index contributed by atoms with van der Waals surface area (Å²) in [5, 5.41) is 2.66.